The zero-order valence-electron chi connectivity index (χ0n) is 20.5. The molecule has 1 saturated heterocycles. The minimum absolute atomic E-state index is 0.119. The molecular formula is C27H36FN3O4. The molecule has 0 saturated carbocycles. The van der Waals surface area contributed by atoms with Crippen molar-refractivity contribution in [1.29, 1.82) is 0 Å². The summed E-state index contributed by atoms with van der Waals surface area (Å²) in [6, 6.07) is 8.92. The van der Waals surface area contributed by atoms with Crippen LogP contribution in [0.5, 0.6) is 5.75 Å². The average Bonchev–Trinajstić information content (AvgIpc) is 3.30. The maximum Gasteiger partial charge on any atom is 0.304 e. The Hall–Kier alpha value is -2.71. The molecule has 35 heavy (non-hydrogen) atoms. The molecule has 0 aliphatic carbocycles. The number of halogens is 1. The summed E-state index contributed by atoms with van der Waals surface area (Å²) in [5, 5.41) is 12.9. The van der Waals surface area contributed by atoms with Crippen LogP contribution in [-0.2, 0) is 22.4 Å². The van der Waals surface area contributed by atoms with Crippen molar-refractivity contribution in [1.82, 2.24) is 9.88 Å². The highest BCUT2D eigenvalue weighted by Crippen LogP contribution is 2.31. The number of pyridine rings is 1. The smallest absolute Gasteiger partial charge is 0.304 e. The van der Waals surface area contributed by atoms with Crippen LogP contribution in [0.15, 0.2) is 30.3 Å². The number of carboxylic acids is 1. The Balaban J connectivity index is 1.34. The van der Waals surface area contributed by atoms with Crippen LogP contribution in [0.1, 0.15) is 48.4 Å². The summed E-state index contributed by atoms with van der Waals surface area (Å²) in [5.41, 5.74) is 2.82. The van der Waals surface area contributed by atoms with Crippen LogP contribution in [0.3, 0.4) is 0 Å². The van der Waals surface area contributed by atoms with E-state index in [4.69, 9.17) is 14.5 Å². The molecule has 1 aromatic heterocycles. The van der Waals surface area contributed by atoms with Gasteiger partial charge < -0.3 is 24.8 Å². The summed E-state index contributed by atoms with van der Waals surface area (Å²) in [4.78, 5) is 18.7. The van der Waals surface area contributed by atoms with Crippen molar-refractivity contribution in [2.24, 2.45) is 5.92 Å². The number of aromatic nitrogens is 1. The number of carbonyl (C=O) groups is 1. The number of methoxy groups -OCH3 is 1. The highest BCUT2D eigenvalue weighted by Gasteiger charge is 2.28. The molecule has 0 unspecified atom stereocenters. The number of ether oxygens (including phenoxy) is 2. The van der Waals surface area contributed by atoms with Crippen molar-refractivity contribution in [3.05, 3.63) is 53.0 Å². The Morgan fingerprint density at radius 2 is 2.20 bits per heavy atom. The quantitative estimate of drug-likeness (QED) is 0.438. The molecule has 0 radical (unpaired) electrons. The highest BCUT2D eigenvalue weighted by molar-refractivity contribution is 5.68. The van der Waals surface area contributed by atoms with E-state index in [1.165, 1.54) is 11.6 Å². The van der Waals surface area contributed by atoms with Crippen molar-refractivity contribution in [3.8, 4) is 5.75 Å². The monoisotopic (exact) mass is 485 g/mol. The number of hydrogen-bond donors (Lipinski definition) is 2. The summed E-state index contributed by atoms with van der Waals surface area (Å²) >= 11 is 0. The lowest BCUT2D eigenvalue weighted by Gasteiger charge is -2.24. The van der Waals surface area contributed by atoms with E-state index in [1.807, 2.05) is 0 Å². The Kier molecular flexibility index (Phi) is 8.93. The fourth-order valence-electron chi connectivity index (χ4n) is 5.14. The second-order valence-corrected chi connectivity index (χ2v) is 9.61. The summed E-state index contributed by atoms with van der Waals surface area (Å²) < 4.78 is 25.4. The van der Waals surface area contributed by atoms with Gasteiger partial charge in [0.1, 0.15) is 24.0 Å². The first kappa shape index (κ1) is 25.4. The van der Waals surface area contributed by atoms with Crippen LogP contribution in [0.4, 0.5) is 10.2 Å². The van der Waals surface area contributed by atoms with Crippen LogP contribution in [0.2, 0.25) is 0 Å². The van der Waals surface area contributed by atoms with Gasteiger partial charge in [0.25, 0.3) is 0 Å². The van der Waals surface area contributed by atoms with Gasteiger partial charge in [-0.25, -0.2) is 9.37 Å². The zero-order chi connectivity index (χ0) is 24.6. The molecule has 2 aromatic rings. The van der Waals surface area contributed by atoms with E-state index in [1.54, 1.807) is 19.2 Å². The number of aryl methyl sites for hydroxylation is 2. The lowest BCUT2D eigenvalue weighted by Crippen LogP contribution is -2.28. The van der Waals surface area contributed by atoms with Crippen LogP contribution < -0.4 is 10.1 Å². The summed E-state index contributed by atoms with van der Waals surface area (Å²) in [6.07, 6.45) is 5.17. The van der Waals surface area contributed by atoms with Gasteiger partial charge >= 0.3 is 5.97 Å². The lowest BCUT2D eigenvalue weighted by molar-refractivity contribution is -0.137. The minimum atomic E-state index is -0.928. The molecule has 7 nitrogen and oxygen atoms in total. The van der Waals surface area contributed by atoms with Crippen molar-refractivity contribution in [2.45, 2.75) is 44.4 Å². The standard InChI is InChI=1S/C27H36FN3O4/c1-34-13-14-35-23-8-9-25(28)24(16-23)21(15-26(32)33)18-31-12-10-19(17-31)4-6-22-7-5-20-3-2-11-29-27(20)30-22/h5,7-9,16,19,21H,2-4,6,10-15,17-18H2,1H3,(H,29,30)(H,32,33)/t19-,21-/m1/s1. The van der Waals surface area contributed by atoms with E-state index in [9.17, 15) is 14.3 Å². The third-order valence-corrected chi connectivity index (χ3v) is 6.99. The molecule has 2 aliphatic rings. The molecular weight excluding hydrogens is 449 g/mol. The van der Waals surface area contributed by atoms with E-state index in [0.717, 1.165) is 63.3 Å². The Morgan fingerprint density at radius 1 is 1.31 bits per heavy atom. The maximum absolute atomic E-state index is 14.7. The summed E-state index contributed by atoms with van der Waals surface area (Å²) in [5.74, 6) is 0.334. The molecule has 190 valence electrons. The molecule has 2 N–H and O–H groups in total. The van der Waals surface area contributed by atoms with Crippen LogP contribution in [-0.4, -0.2) is 67.5 Å². The fourth-order valence-corrected chi connectivity index (χ4v) is 5.14. The second-order valence-electron chi connectivity index (χ2n) is 9.61. The van der Waals surface area contributed by atoms with Gasteiger partial charge in [0.15, 0.2) is 0 Å². The first-order valence-corrected chi connectivity index (χ1v) is 12.6. The molecule has 8 heteroatoms. The Labute approximate surface area is 206 Å². The molecule has 2 aliphatic heterocycles. The van der Waals surface area contributed by atoms with E-state index in [0.29, 0.717) is 37.0 Å². The second kappa shape index (κ2) is 12.3. The molecule has 0 amide bonds. The number of likely N-dealkylation sites (tertiary alicyclic amines) is 1. The van der Waals surface area contributed by atoms with Crippen molar-refractivity contribution in [2.75, 3.05) is 51.8 Å². The maximum atomic E-state index is 14.7. The molecule has 0 bridgehead atoms. The predicted octanol–water partition coefficient (Wildman–Crippen LogP) is 4.12. The van der Waals surface area contributed by atoms with Gasteiger partial charge in [-0.05, 0) is 80.0 Å². The Morgan fingerprint density at radius 3 is 3.03 bits per heavy atom. The normalized spacial score (nSPS) is 18.6. The zero-order valence-corrected chi connectivity index (χ0v) is 20.5. The summed E-state index contributed by atoms with van der Waals surface area (Å²) in [7, 11) is 1.59. The van der Waals surface area contributed by atoms with Gasteiger partial charge in [0.05, 0.1) is 13.0 Å². The Bertz CT molecular complexity index is 1000. The van der Waals surface area contributed by atoms with E-state index >= 15 is 0 Å². The number of fused-ring (bicyclic) bond motifs is 1. The third-order valence-electron chi connectivity index (χ3n) is 6.99. The van der Waals surface area contributed by atoms with Gasteiger partial charge in [0.2, 0.25) is 0 Å². The number of nitrogens with zero attached hydrogens (tertiary/aromatic N) is 2. The van der Waals surface area contributed by atoms with E-state index in [2.05, 4.69) is 22.3 Å². The van der Waals surface area contributed by atoms with Crippen molar-refractivity contribution >= 4 is 11.8 Å². The number of benzene rings is 1. The number of anilines is 1. The van der Waals surface area contributed by atoms with Gasteiger partial charge in [-0.1, -0.05) is 6.07 Å². The number of carboxylic acid groups (broad SMARTS) is 1. The number of nitrogens with one attached hydrogen (secondary N) is 1. The van der Waals surface area contributed by atoms with Gasteiger partial charge in [-0.3, -0.25) is 4.79 Å². The van der Waals surface area contributed by atoms with Gasteiger partial charge in [0, 0.05) is 38.4 Å². The molecule has 4 rings (SSSR count). The van der Waals surface area contributed by atoms with Crippen molar-refractivity contribution < 1.29 is 23.8 Å². The largest absolute Gasteiger partial charge is 0.491 e. The van der Waals surface area contributed by atoms with Crippen LogP contribution in [0, 0.1) is 11.7 Å². The van der Waals surface area contributed by atoms with Gasteiger partial charge in [-0.2, -0.15) is 0 Å². The fraction of sp³-hybridized carbons (Fsp3) is 0.556. The summed E-state index contributed by atoms with van der Waals surface area (Å²) in [6.45, 7) is 4.08. The third kappa shape index (κ3) is 7.15. The first-order valence-electron chi connectivity index (χ1n) is 12.6. The number of hydrogen-bond acceptors (Lipinski definition) is 6. The molecule has 0 spiro atoms. The molecule has 3 heterocycles. The average molecular weight is 486 g/mol. The molecule has 2 atom stereocenters. The first-order chi connectivity index (χ1) is 17.0. The molecule has 1 aromatic carbocycles. The number of aliphatic carboxylic acids is 1. The molecule has 1 fully saturated rings. The SMILES string of the molecule is COCCOc1ccc(F)c([C@H](CC(=O)O)CN2CC[C@@H](CCc3ccc4c(n3)NCCC4)C2)c1. The van der Waals surface area contributed by atoms with E-state index in [-0.39, 0.29) is 6.42 Å². The highest BCUT2D eigenvalue weighted by atomic mass is 19.1. The van der Waals surface area contributed by atoms with Crippen LogP contribution in [0.25, 0.3) is 0 Å². The predicted molar refractivity (Wildman–Crippen MR) is 133 cm³/mol. The van der Waals surface area contributed by atoms with Gasteiger partial charge in [-0.15, -0.1) is 0 Å². The van der Waals surface area contributed by atoms with Crippen molar-refractivity contribution in [3.63, 3.8) is 0 Å². The lowest BCUT2D eigenvalue weighted by atomic mass is 9.94. The van der Waals surface area contributed by atoms with Crippen LogP contribution >= 0.6 is 0 Å². The topological polar surface area (TPSA) is 83.9 Å². The minimum Gasteiger partial charge on any atom is -0.491 e. The van der Waals surface area contributed by atoms with E-state index < -0.39 is 17.7 Å². The number of rotatable bonds is 12.